The Labute approximate surface area is 386 Å². The first-order chi connectivity index (χ1) is 32.6. The van der Waals surface area contributed by atoms with Crippen LogP contribution in [0.25, 0.3) is 77.2 Å². The van der Waals surface area contributed by atoms with Crippen molar-refractivity contribution in [3.63, 3.8) is 0 Å². The fourth-order valence-corrected chi connectivity index (χ4v) is 11.8. The van der Waals surface area contributed by atoms with Gasteiger partial charge in [0.05, 0.1) is 5.41 Å². The SMILES string of the molecule is Cc1ccccc1-c1c2c(c(-c3ccccc3C)c3ccccc13)-c1cc3c(c4cccc-2c14)-c1ccc(N(c2ccccc2)c2ccccc2)cc1C3(c1ccccc1)c1ccccc1. The normalized spacial score (nSPS) is 12.8. The van der Waals surface area contributed by atoms with E-state index < -0.39 is 5.41 Å². The largest absolute Gasteiger partial charge is 0.310 e. The molecule has 0 amide bonds. The van der Waals surface area contributed by atoms with Crippen LogP contribution in [0, 0.1) is 13.8 Å². The molecular formula is C65H45N. The molecule has 13 rings (SSSR count). The lowest BCUT2D eigenvalue weighted by molar-refractivity contribution is 0.769. The van der Waals surface area contributed by atoms with Crippen LogP contribution >= 0.6 is 0 Å². The van der Waals surface area contributed by atoms with E-state index >= 15 is 0 Å². The number of fused-ring (bicyclic) bond motifs is 8. The standard InChI is InChI=1S/C65H45N/c1-42-22-15-17-32-49(42)61-51-34-19-20-35-52(51)62(50-33-18-16-23-43(50)2)64-56-41-58-60(54-36-21-37-55(59(54)56)63(61)64)53-39-38-48(66(46-28-11-5-12-29-46)47-30-13-6-14-31-47)40-57(53)65(58,44-24-7-3-8-25-44)45-26-9-4-10-27-45/h3-41H,1-2H3. The van der Waals surface area contributed by atoms with Crippen molar-refractivity contribution in [2.24, 2.45) is 0 Å². The third kappa shape index (κ3) is 5.41. The number of aryl methyl sites for hydroxylation is 2. The second-order valence-corrected chi connectivity index (χ2v) is 18.0. The van der Waals surface area contributed by atoms with Gasteiger partial charge >= 0.3 is 0 Å². The van der Waals surface area contributed by atoms with Gasteiger partial charge in [-0.1, -0.05) is 194 Å². The smallest absolute Gasteiger partial charge is 0.0714 e. The summed E-state index contributed by atoms with van der Waals surface area (Å²) >= 11 is 0. The second-order valence-electron chi connectivity index (χ2n) is 18.0. The van der Waals surface area contributed by atoms with Crippen molar-refractivity contribution < 1.29 is 0 Å². The van der Waals surface area contributed by atoms with Crippen molar-refractivity contribution in [1.82, 2.24) is 0 Å². The minimum absolute atomic E-state index is 0.649. The quantitative estimate of drug-likeness (QED) is 0.155. The number of benzene rings is 11. The van der Waals surface area contributed by atoms with Gasteiger partial charge in [-0.05, 0) is 167 Å². The second kappa shape index (κ2) is 14.9. The average Bonchev–Trinajstić information content (AvgIpc) is 3.86. The summed E-state index contributed by atoms with van der Waals surface area (Å²) in [5.74, 6) is 0. The van der Waals surface area contributed by atoms with E-state index in [1.807, 2.05) is 0 Å². The Morgan fingerprint density at radius 2 is 0.742 bits per heavy atom. The molecule has 0 bridgehead atoms. The predicted octanol–water partition coefficient (Wildman–Crippen LogP) is 17.4. The Balaban J connectivity index is 1.20. The lowest BCUT2D eigenvalue weighted by Crippen LogP contribution is -2.29. The molecule has 66 heavy (non-hydrogen) atoms. The molecule has 0 unspecified atom stereocenters. The molecule has 0 heterocycles. The molecule has 0 spiro atoms. The Morgan fingerprint density at radius 1 is 0.288 bits per heavy atom. The van der Waals surface area contributed by atoms with Gasteiger partial charge in [-0.3, -0.25) is 0 Å². The lowest BCUT2D eigenvalue weighted by Gasteiger charge is -2.35. The third-order valence-corrected chi connectivity index (χ3v) is 14.5. The van der Waals surface area contributed by atoms with Crippen LogP contribution in [0.15, 0.2) is 237 Å². The van der Waals surface area contributed by atoms with Crippen molar-refractivity contribution in [1.29, 1.82) is 0 Å². The highest BCUT2D eigenvalue weighted by Crippen LogP contribution is 2.65. The van der Waals surface area contributed by atoms with Gasteiger partial charge in [0.25, 0.3) is 0 Å². The van der Waals surface area contributed by atoms with Gasteiger partial charge in [-0.15, -0.1) is 0 Å². The van der Waals surface area contributed by atoms with Crippen LogP contribution in [0.3, 0.4) is 0 Å². The molecule has 310 valence electrons. The summed E-state index contributed by atoms with van der Waals surface area (Å²) in [5, 5.41) is 5.17. The molecule has 11 aromatic carbocycles. The molecule has 2 aliphatic carbocycles. The third-order valence-electron chi connectivity index (χ3n) is 14.5. The summed E-state index contributed by atoms with van der Waals surface area (Å²) < 4.78 is 0. The maximum Gasteiger partial charge on any atom is 0.0714 e. The van der Waals surface area contributed by atoms with Gasteiger partial charge in [0, 0.05) is 17.1 Å². The molecule has 1 heteroatoms. The van der Waals surface area contributed by atoms with Crippen molar-refractivity contribution in [2.45, 2.75) is 19.3 Å². The van der Waals surface area contributed by atoms with Gasteiger partial charge in [-0.25, -0.2) is 0 Å². The van der Waals surface area contributed by atoms with E-state index in [9.17, 15) is 0 Å². The van der Waals surface area contributed by atoms with Crippen LogP contribution in [-0.2, 0) is 5.41 Å². The Kier molecular flexibility index (Phi) is 8.63. The van der Waals surface area contributed by atoms with Crippen LogP contribution in [0.5, 0.6) is 0 Å². The zero-order chi connectivity index (χ0) is 43.9. The molecule has 2 aliphatic rings. The van der Waals surface area contributed by atoms with Crippen LogP contribution in [0.2, 0.25) is 0 Å². The summed E-state index contributed by atoms with van der Waals surface area (Å²) in [4.78, 5) is 2.40. The molecular weight excluding hydrogens is 795 g/mol. The Hall–Kier alpha value is -8.26. The number of para-hydroxylation sites is 2. The summed E-state index contributed by atoms with van der Waals surface area (Å²) in [5.41, 5.74) is 23.3. The number of hydrogen-bond donors (Lipinski definition) is 0. The number of rotatable bonds is 7. The van der Waals surface area contributed by atoms with E-state index in [1.165, 1.54) is 111 Å². The van der Waals surface area contributed by atoms with Crippen molar-refractivity contribution in [3.8, 4) is 55.6 Å². The van der Waals surface area contributed by atoms with Crippen LogP contribution in [-0.4, -0.2) is 0 Å². The van der Waals surface area contributed by atoms with Gasteiger partial charge < -0.3 is 4.90 Å². The van der Waals surface area contributed by atoms with E-state index in [1.54, 1.807) is 0 Å². The number of anilines is 3. The molecule has 1 nitrogen and oxygen atoms in total. The topological polar surface area (TPSA) is 3.24 Å². The Morgan fingerprint density at radius 3 is 1.29 bits per heavy atom. The first-order valence-corrected chi connectivity index (χ1v) is 23.1. The molecule has 0 atom stereocenters. The van der Waals surface area contributed by atoms with E-state index in [0.29, 0.717) is 0 Å². The van der Waals surface area contributed by atoms with Gasteiger partial charge in [0.1, 0.15) is 0 Å². The zero-order valence-corrected chi connectivity index (χ0v) is 37.0. The van der Waals surface area contributed by atoms with E-state index in [4.69, 9.17) is 0 Å². The zero-order valence-electron chi connectivity index (χ0n) is 37.0. The van der Waals surface area contributed by atoms with E-state index in [-0.39, 0.29) is 0 Å². The van der Waals surface area contributed by atoms with Gasteiger partial charge in [0.15, 0.2) is 0 Å². The maximum absolute atomic E-state index is 2.62. The minimum atomic E-state index is -0.649. The highest BCUT2D eigenvalue weighted by molar-refractivity contribution is 6.30. The fraction of sp³-hybridized carbons (Fsp3) is 0.0462. The average molecular weight is 840 g/mol. The van der Waals surface area contributed by atoms with Crippen LogP contribution < -0.4 is 4.90 Å². The number of nitrogens with zero attached hydrogens (tertiary/aromatic N) is 1. The van der Waals surface area contributed by atoms with E-state index in [2.05, 4.69) is 255 Å². The molecule has 11 aromatic rings. The van der Waals surface area contributed by atoms with Crippen molar-refractivity contribution >= 4 is 38.6 Å². The molecule has 0 aliphatic heterocycles. The summed E-state index contributed by atoms with van der Waals surface area (Å²) in [6.07, 6.45) is 0. The van der Waals surface area contributed by atoms with Gasteiger partial charge in [-0.2, -0.15) is 0 Å². The van der Waals surface area contributed by atoms with Crippen LogP contribution in [0.1, 0.15) is 33.4 Å². The lowest BCUT2D eigenvalue weighted by atomic mass is 9.67. The molecule has 0 radical (unpaired) electrons. The van der Waals surface area contributed by atoms with Crippen molar-refractivity contribution in [2.75, 3.05) is 4.90 Å². The number of hydrogen-bond acceptors (Lipinski definition) is 1. The van der Waals surface area contributed by atoms with Crippen LogP contribution in [0.4, 0.5) is 17.1 Å². The minimum Gasteiger partial charge on any atom is -0.310 e. The van der Waals surface area contributed by atoms with Crippen molar-refractivity contribution in [3.05, 3.63) is 270 Å². The van der Waals surface area contributed by atoms with E-state index in [0.717, 1.165) is 17.1 Å². The molecule has 0 saturated heterocycles. The monoisotopic (exact) mass is 839 g/mol. The highest BCUT2D eigenvalue weighted by Gasteiger charge is 2.48. The molecule has 0 aromatic heterocycles. The van der Waals surface area contributed by atoms with Gasteiger partial charge in [0.2, 0.25) is 0 Å². The molecule has 0 saturated carbocycles. The summed E-state index contributed by atoms with van der Waals surface area (Å²) in [6.45, 7) is 4.53. The Bertz CT molecular complexity index is 3620. The summed E-state index contributed by atoms with van der Waals surface area (Å²) in [7, 11) is 0. The molecule has 0 fully saturated rings. The summed E-state index contributed by atoms with van der Waals surface area (Å²) in [6, 6.07) is 88.1. The predicted molar refractivity (Wildman–Crippen MR) is 278 cm³/mol. The first kappa shape index (κ1) is 38.2. The first-order valence-electron chi connectivity index (χ1n) is 23.1. The molecule has 0 N–H and O–H groups in total. The maximum atomic E-state index is 2.62. The fourth-order valence-electron chi connectivity index (χ4n) is 11.8. The highest BCUT2D eigenvalue weighted by atomic mass is 15.1.